The first-order chi connectivity index (χ1) is 8.94. The van der Waals surface area contributed by atoms with E-state index in [1.165, 1.54) is 4.72 Å². The molecule has 1 heterocycles. The summed E-state index contributed by atoms with van der Waals surface area (Å²) in [5.41, 5.74) is 0. The third kappa shape index (κ3) is 4.85. The second-order valence-electron chi connectivity index (χ2n) is 3.81. The van der Waals surface area contributed by atoms with Crippen LogP contribution in [0.1, 0.15) is 0 Å². The lowest BCUT2D eigenvalue weighted by Crippen LogP contribution is -2.65. The Hall–Kier alpha value is -0.420. The molecule has 1 aliphatic heterocycles. The third-order valence-corrected chi connectivity index (χ3v) is 3.40. The third-order valence-electron chi connectivity index (χ3n) is 2.38. The molecule has 20 heavy (non-hydrogen) atoms. The highest BCUT2D eigenvalue weighted by atomic mass is 32.3. The van der Waals surface area contributed by atoms with Gasteiger partial charge in [0.1, 0.15) is 24.4 Å². The quantitative estimate of drug-likeness (QED) is 0.277. The molecule has 1 unspecified atom stereocenters. The largest absolute Gasteiger partial charge is 0.735 e. The fourth-order valence-electron chi connectivity index (χ4n) is 1.63. The van der Waals surface area contributed by atoms with E-state index in [0.717, 1.165) is 0 Å². The Bertz CT molecular complexity index is 529. The number of rotatable bonds is 5. The zero-order chi connectivity index (χ0) is 15.7. The molecule has 0 saturated carbocycles. The van der Waals surface area contributed by atoms with E-state index in [2.05, 4.69) is 8.92 Å². The van der Waals surface area contributed by atoms with Crippen molar-refractivity contribution in [3.05, 3.63) is 0 Å². The number of hydrogen-bond donors (Lipinski definition) is 4. The van der Waals surface area contributed by atoms with Crippen LogP contribution in [0.3, 0.4) is 0 Å². The summed E-state index contributed by atoms with van der Waals surface area (Å²) >= 11 is 0. The average molecular weight is 337 g/mol. The SMILES string of the molecule is O=S(=O)([O-])N[C@H]1C(O)O[C@H](CO)[C@@H](O)[C@@H]1OS(=O)(=O)[O-]. The number of aliphatic hydroxyl groups excluding tert-OH is 3. The maximum absolute atomic E-state index is 10.6. The van der Waals surface area contributed by atoms with E-state index in [1.54, 1.807) is 0 Å². The van der Waals surface area contributed by atoms with E-state index in [4.69, 9.17) is 5.11 Å². The van der Waals surface area contributed by atoms with Crippen molar-refractivity contribution in [1.29, 1.82) is 0 Å². The van der Waals surface area contributed by atoms with E-state index < -0.39 is 58.0 Å². The monoisotopic (exact) mass is 337 g/mol. The van der Waals surface area contributed by atoms with E-state index >= 15 is 0 Å². The smallest absolute Gasteiger partial charge is 0.218 e. The zero-order valence-corrected chi connectivity index (χ0v) is 11.2. The molecule has 0 amide bonds. The van der Waals surface area contributed by atoms with Crippen LogP contribution in [-0.4, -0.2) is 78.5 Å². The van der Waals surface area contributed by atoms with Gasteiger partial charge in [0, 0.05) is 0 Å². The average Bonchev–Trinajstić information content (AvgIpc) is 2.25. The molecule has 1 fully saturated rings. The maximum Gasteiger partial charge on any atom is 0.218 e. The molecular formula is C6H11NO11S2-2. The molecule has 0 spiro atoms. The van der Waals surface area contributed by atoms with Crippen molar-refractivity contribution in [2.24, 2.45) is 0 Å². The molecule has 0 aromatic carbocycles. The summed E-state index contributed by atoms with van der Waals surface area (Å²) in [6.07, 6.45) is -7.83. The Kier molecular flexibility index (Phi) is 5.41. The number of aliphatic hydroxyl groups is 3. The summed E-state index contributed by atoms with van der Waals surface area (Å²) < 4.78 is 73.0. The minimum atomic E-state index is -5.40. The van der Waals surface area contributed by atoms with Gasteiger partial charge in [-0.05, 0) is 0 Å². The molecule has 4 N–H and O–H groups in total. The minimum Gasteiger partial charge on any atom is -0.735 e. The summed E-state index contributed by atoms with van der Waals surface area (Å²) in [4.78, 5) is 0. The van der Waals surface area contributed by atoms with Gasteiger partial charge in [0.05, 0.1) is 6.61 Å². The molecule has 12 nitrogen and oxygen atoms in total. The summed E-state index contributed by atoms with van der Waals surface area (Å²) in [6, 6.07) is -2.06. The Labute approximate surface area is 113 Å². The topological polar surface area (TPSA) is 206 Å². The lowest BCUT2D eigenvalue weighted by molar-refractivity contribution is -0.247. The summed E-state index contributed by atoms with van der Waals surface area (Å²) in [6.45, 7) is -0.895. The van der Waals surface area contributed by atoms with Crippen molar-refractivity contribution in [1.82, 2.24) is 4.72 Å². The fourth-order valence-corrected chi connectivity index (χ4v) is 2.72. The van der Waals surface area contributed by atoms with Crippen LogP contribution >= 0.6 is 0 Å². The van der Waals surface area contributed by atoms with E-state index in [1.807, 2.05) is 0 Å². The van der Waals surface area contributed by atoms with Crippen molar-refractivity contribution in [2.75, 3.05) is 6.61 Å². The van der Waals surface area contributed by atoms with Crippen molar-refractivity contribution in [3.8, 4) is 0 Å². The van der Waals surface area contributed by atoms with Crippen LogP contribution in [0.25, 0.3) is 0 Å². The van der Waals surface area contributed by atoms with Crippen LogP contribution in [0.15, 0.2) is 0 Å². The predicted molar refractivity (Wildman–Crippen MR) is 55.2 cm³/mol. The van der Waals surface area contributed by atoms with Gasteiger partial charge >= 0.3 is 0 Å². The first-order valence-electron chi connectivity index (χ1n) is 4.94. The summed E-state index contributed by atoms with van der Waals surface area (Å²) in [5, 5.41) is 27.9. The lowest BCUT2D eigenvalue weighted by atomic mass is 9.98. The van der Waals surface area contributed by atoms with Crippen LogP contribution in [0.4, 0.5) is 0 Å². The van der Waals surface area contributed by atoms with Crippen LogP contribution < -0.4 is 4.72 Å². The van der Waals surface area contributed by atoms with Gasteiger partial charge in [-0.3, -0.25) is 4.18 Å². The molecule has 0 aromatic rings. The van der Waals surface area contributed by atoms with Crippen LogP contribution in [0, 0.1) is 0 Å². The van der Waals surface area contributed by atoms with Crippen molar-refractivity contribution in [3.63, 3.8) is 0 Å². The summed E-state index contributed by atoms with van der Waals surface area (Å²) in [7, 11) is -10.6. The fraction of sp³-hybridized carbons (Fsp3) is 1.00. The Balaban J connectivity index is 3.09. The second-order valence-corrected chi connectivity index (χ2v) is 5.96. The molecule has 1 saturated heterocycles. The van der Waals surface area contributed by atoms with Gasteiger partial charge in [-0.2, -0.15) is 0 Å². The van der Waals surface area contributed by atoms with Gasteiger partial charge in [-0.25, -0.2) is 21.6 Å². The Morgan fingerprint density at radius 3 is 2.15 bits per heavy atom. The van der Waals surface area contributed by atoms with Gasteiger partial charge < -0.3 is 29.2 Å². The van der Waals surface area contributed by atoms with Gasteiger partial charge in [0.25, 0.3) is 0 Å². The van der Waals surface area contributed by atoms with E-state index in [-0.39, 0.29) is 0 Å². The molecule has 1 rings (SSSR count). The van der Waals surface area contributed by atoms with Gasteiger partial charge in [-0.1, -0.05) is 0 Å². The van der Waals surface area contributed by atoms with Gasteiger partial charge in [0.15, 0.2) is 16.6 Å². The number of ether oxygens (including phenoxy) is 1. The van der Waals surface area contributed by atoms with Crippen molar-refractivity contribution >= 4 is 20.7 Å². The first-order valence-corrected chi connectivity index (χ1v) is 7.68. The number of hydrogen-bond acceptors (Lipinski definition) is 11. The molecule has 14 heteroatoms. The Morgan fingerprint density at radius 2 is 1.75 bits per heavy atom. The highest BCUT2D eigenvalue weighted by Crippen LogP contribution is 2.23. The number of nitrogens with one attached hydrogen (secondary N) is 1. The lowest BCUT2D eigenvalue weighted by Gasteiger charge is -2.42. The zero-order valence-electron chi connectivity index (χ0n) is 9.52. The van der Waals surface area contributed by atoms with Crippen LogP contribution in [-0.2, 0) is 29.6 Å². The van der Waals surface area contributed by atoms with E-state index in [9.17, 15) is 36.2 Å². The van der Waals surface area contributed by atoms with Gasteiger partial charge in [0.2, 0.25) is 10.4 Å². The first kappa shape index (κ1) is 17.6. The molecule has 0 radical (unpaired) electrons. The van der Waals surface area contributed by atoms with Crippen LogP contribution in [0.2, 0.25) is 0 Å². The van der Waals surface area contributed by atoms with E-state index in [0.29, 0.717) is 0 Å². The van der Waals surface area contributed by atoms with Crippen molar-refractivity contribution in [2.45, 2.75) is 30.6 Å². The molecule has 5 atom stereocenters. The van der Waals surface area contributed by atoms with Gasteiger partial charge in [-0.15, -0.1) is 0 Å². The minimum absolute atomic E-state index is 0.895. The highest BCUT2D eigenvalue weighted by Gasteiger charge is 2.47. The molecule has 0 aliphatic carbocycles. The standard InChI is InChI=1S/C6H13NO11S2/c8-1-2-4(9)5(18-20(14,15)16)3(6(10)17-2)7-19(11,12)13/h2-10H,1H2,(H,11,12,13)(H,14,15,16)/p-2/t2-,3-,4-,5-,6?/m1/s1. The molecule has 0 aromatic heterocycles. The molecule has 0 bridgehead atoms. The summed E-state index contributed by atoms with van der Waals surface area (Å²) in [5.74, 6) is 0. The second kappa shape index (κ2) is 6.14. The predicted octanol–water partition coefficient (Wildman–Crippen LogP) is -4.68. The van der Waals surface area contributed by atoms with Crippen LogP contribution in [0.5, 0.6) is 0 Å². The highest BCUT2D eigenvalue weighted by molar-refractivity contribution is 7.83. The molecule has 1 aliphatic rings. The molecular weight excluding hydrogens is 326 g/mol. The molecule has 120 valence electrons. The van der Waals surface area contributed by atoms with Crippen molar-refractivity contribution < 1.29 is 50.2 Å². The Morgan fingerprint density at radius 1 is 1.20 bits per heavy atom. The normalized spacial score (nSPS) is 36.0. The maximum atomic E-state index is 10.6.